The van der Waals surface area contributed by atoms with Crippen LogP contribution in [0.1, 0.15) is 26.3 Å². The van der Waals surface area contributed by atoms with Gasteiger partial charge < -0.3 is 9.15 Å². The second-order valence-electron chi connectivity index (χ2n) is 4.81. The number of rotatable bonds is 3. The van der Waals surface area contributed by atoms with Gasteiger partial charge >= 0.3 is 5.97 Å². The Kier molecular flexibility index (Phi) is 4.11. The zero-order valence-corrected chi connectivity index (χ0v) is 13.4. The molecule has 1 heterocycles. The van der Waals surface area contributed by atoms with Crippen LogP contribution in [0.4, 0.5) is 0 Å². The quantitative estimate of drug-likeness (QED) is 0.505. The first-order chi connectivity index (χ1) is 11.0. The monoisotopic (exact) mass is 348 g/mol. The zero-order valence-electron chi connectivity index (χ0n) is 11.9. The van der Waals surface area contributed by atoms with Crippen molar-refractivity contribution in [1.29, 1.82) is 0 Å². The molecule has 0 aliphatic rings. The van der Waals surface area contributed by atoms with Gasteiger partial charge in [-0.25, -0.2) is 4.79 Å². The van der Waals surface area contributed by atoms with Gasteiger partial charge in [-0.15, -0.1) is 0 Å². The normalized spacial score (nSPS) is 10.7. The SMILES string of the molecule is COC(=O)c1ccc2occ(C(=O)c3ccc(Cl)cc3Cl)c2c1. The highest BCUT2D eigenvalue weighted by Crippen LogP contribution is 2.28. The molecule has 0 aliphatic carbocycles. The smallest absolute Gasteiger partial charge is 0.337 e. The number of benzene rings is 2. The maximum absolute atomic E-state index is 12.7. The highest BCUT2D eigenvalue weighted by atomic mass is 35.5. The Labute approximate surface area is 141 Å². The van der Waals surface area contributed by atoms with Crippen LogP contribution in [0.15, 0.2) is 47.1 Å². The molecule has 0 N–H and O–H groups in total. The topological polar surface area (TPSA) is 56.5 Å². The molecular weight excluding hydrogens is 339 g/mol. The van der Waals surface area contributed by atoms with E-state index in [1.807, 2.05) is 0 Å². The van der Waals surface area contributed by atoms with Crippen LogP contribution in [0, 0.1) is 0 Å². The maximum atomic E-state index is 12.7. The molecular formula is C17H10Cl2O4. The molecule has 0 radical (unpaired) electrons. The van der Waals surface area contributed by atoms with Gasteiger partial charge in [-0.3, -0.25) is 4.79 Å². The molecule has 4 nitrogen and oxygen atoms in total. The van der Waals surface area contributed by atoms with Gasteiger partial charge in [0.05, 0.1) is 23.3 Å². The average molecular weight is 349 g/mol. The third-order valence-electron chi connectivity index (χ3n) is 3.41. The van der Waals surface area contributed by atoms with E-state index in [1.165, 1.54) is 19.4 Å². The minimum absolute atomic E-state index is 0.251. The van der Waals surface area contributed by atoms with Crippen LogP contribution in [-0.4, -0.2) is 18.9 Å². The van der Waals surface area contributed by atoms with Gasteiger partial charge in [0.1, 0.15) is 11.8 Å². The molecule has 0 unspecified atom stereocenters. The van der Waals surface area contributed by atoms with E-state index in [1.54, 1.807) is 30.3 Å². The number of hydrogen-bond donors (Lipinski definition) is 0. The Hall–Kier alpha value is -2.30. The summed E-state index contributed by atoms with van der Waals surface area (Å²) in [6.45, 7) is 0. The van der Waals surface area contributed by atoms with Crippen LogP contribution in [0.2, 0.25) is 10.0 Å². The Bertz CT molecular complexity index is 927. The molecule has 0 bridgehead atoms. The number of furan rings is 1. The fraction of sp³-hybridized carbons (Fsp3) is 0.0588. The lowest BCUT2D eigenvalue weighted by molar-refractivity contribution is 0.0600. The number of ketones is 1. The predicted molar refractivity (Wildman–Crippen MR) is 87.4 cm³/mol. The molecule has 0 saturated carbocycles. The molecule has 0 aliphatic heterocycles. The van der Waals surface area contributed by atoms with Crippen molar-refractivity contribution in [1.82, 2.24) is 0 Å². The van der Waals surface area contributed by atoms with E-state index < -0.39 is 5.97 Å². The third kappa shape index (κ3) is 2.83. The summed E-state index contributed by atoms with van der Waals surface area (Å²) in [5.41, 5.74) is 1.45. The lowest BCUT2D eigenvalue weighted by Gasteiger charge is -2.03. The van der Waals surface area contributed by atoms with E-state index in [4.69, 9.17) is 27.6 Å². The molecule has 3 aromatic rings. The van der Waals surface area contributed by atoms with Crippen LogP contribution < -0.4 is 0 Å². The Morgan fingerprint density at radius 3 is 2.52 bits per heavy atom. The summed E-state index contributed by atoms with van der Waals surface area (Å²) in [7, 11) is 1.29. The second kappa shape index (κ2) is 6.07. The molecule has 0 spiro atoms. The van der Waals surface area contributed by atoms with Gasteiger partial charge in [0.25, 0.3) is 0 Å². The predicted octanol–water partition coefficient (Wildman–Crippen LogP) is 4.76. The van der Waals surface area contributed by atoms with Crippen molar-refractivity contribution < 1.29 is 18.7 Å². The lowest BCUT2D eigenvalue weighted by atomic mass is 10.0. The van der Waals surface area contributed by atoms with Crippen LogP contribution in [0.3, 0.4) is 0 Å². The number of hydrogen-bond acceptors (Lipinski definition) is 4. The van der Waals surface area contributed by atoms with E-state index in [0.29, 0.717) is 32.7 Å². The van der Waals surface area contributed by atoms with Crippen molar-refractivity contribution in [3.63, 3.8) is 0 Å². The first kappa shape index (κ1) is 15.6. The molecule has 23 heavy (non-hydrogen) atoms. The summed E-state index contributed by atoms with van der Waals surface area (Å²) in [5.74, 6) is -0.802. The summed E-state index contributed by atoms with van der Waals surface area (Å²) in [6, 6.07) is 9.38. The summed E-state index contributed by atoms with van der Waals surface area (Å²) >= 11 is 11.9. The van der Waals surface area contributed by atoms with E-state index in [0.717, 1.165) is 0 Å². The van der Waals surface area contributed by atoms with Crippen molar-refractivity contribution in [3.8, 4) is 0 Å². The first-order valence-electron chi connectivity index (χ1n) is 6.60. The van der Waals surface area contributed by atoms with Crippen LogP contribution in [0.25, 0.3) is 11.0 Å². The van der Waals surface area contributed by atoms with E-state index in [9.17, 15) is 9.59 Å². The second-order valence-corrected chi connectivity index (χ2v) is 5.65. The zero-order chi connectivity index (χ0) is 16.6. The molecule has 116 valence electrons. The van der Waals surface area contributed by atoms with Gasteiger partial charge in [0.2, 0.25) is 0 Å². The van der Waals surface area contributed by atoms with Gasteiger partial charge in [-0.05, 0) is 36.4 Å². The van der Waals surface area contributed by atoms with Crippen molar-refractivity contribution >= 4 is 45.9 Å². The Balaban J connectivity index is 2.12. The van der Waals surface area contributed by atoms with Crippen LogP contribution in [-0.2, 0) is 4.74 Å². The summed E-state index contributed by atoms with van der Waals surface area (Å²) in [5, 5.41) is 1.21. The first-order valence-corrected chi connectivity index (χ1v) is 7.36. The summed E-state index contributed by atoms with van der Waals surface area (Å²) in [6.07, 6.45) is 1.35. The lowest BCUT2D eigenvalue weighted by Crippen LogP contribution is -2.03. The minimum atomic E-state index is -0.490. The van der Waals surface area contributed by atoms with Gasteiger partial charge in [0, 0.05) is 16.0 Å². The number of fused-ring (bicyclic) bond motifs is 1. The van der Waals surface area contributed by atoms with Crippen molar-refractivity contribution in [2.75, 3.05) is 7.11 Å². The highest BCUT2D eigenvalue weighted by molar-refractivity contribution is 6.38. The van der Waals surface area contributed by atoms with Crippen molar-refractivity contribution in [2.45, 2.75) is 0 Å². The van der Waals surface area contributed by atoms with Gasteiger partial charge in [-0.2, -0.15) is 0 Å². The van der Waals surface area contributed by atoms with Gasteiger partial charge in [-0.1, -0.05) is 23.2 Å². The van der Waals surface area contributed by atoms with E-state index in [-0.39, 0.29) is 10.8 Å². The average Bonchev–Trinajstić information content (AvgIpc) is 2.96. The van der Waals surface area contributed by atoms with Crippen LogP contribution in [0.5, 0.6) is 0 Å². The molecule has 1 aromatic heterocycles. The third-order valence-corrected chi connectivity index (χ3v) is 3.96. The molecule has 6 heteroatoms. The number of carbonyl (C=O) groups excluding carboxylic acids is 2. The molecule has 0 fully saturated rings. The highest BCUT2D eigenvalue weighted by Gasteiger charge is 2.19. The number of ether oxygens (including phenoxy) is 1. The maximum Gasteiger partial charge on any atom is 0.337 e. The standard InChI is InChI=1S/C17H10Cl2O4/c1-22-17(21)9-2-5-15-12(6-9)13(8-23-15)16(20)11-4-3-10(18)7-14(11)19/h2-8H,1H3. The minimum Gasteiger partial charge on any atom is -0.465 e. The number of methoxy groups -OCH3 is 1. The van der Waals surface area contributed by atoms with Gasteiger partial charge in [0.15, 0.2) is 5.78 Å². The van der Waals surface area contributed by atoms with Crippen molar-refractivity contribution in [3.05, 3.63) is 69.4 Å². The Morgan fingerprint density at radius 2 is 1.83 bits per heavy atom. The number of halogens is 2. The van der Waals surface area contributed by atoms with Crippen LogP contribution >= 0.6 is 23.2 Å². The summed E-state index contributed by atoms with van der Waals surface area (Å²) in [4.78, 5) is 24.3. The fourth-order valence-corrected chi connectivity index (χ4v) is 2.76. The number of carbonyl (C=O) groups is 2. The van der Waals surface area contributed by atoms with E-state index >= 15 is 0 Å². The number of esters is 1. The molecule has 0 atom stereocenters. The molecule has 2 aromatic carbocycles. The summed E-state index contributed by atoms with van der Waals surface area (Å²) < 4.78 is 10.1. The molecule has 0 saturated heterocycles. The fourth-order valence-electron chi connectivity index (χ4n) is 2.27. The van der Waals surface area contributed by atoms with E-state index in [2.05, 4.69) is 4.74 Å². The molecule has 3 rings (SSSR count). The Morgan fingerprint density at radius 1 is 1.04 bits per heavy atom. The van der Waals surface area contributed by atoms with Crippen molar-refractivity contribution in [2.24, 2.45) is 0 Å². The largest absolute Gasteiger partial charge is 0.465 e. The molecule has 0 amide bonds.